The standard InChI is InChI=1S/C65H114N8O15/c1-36(2)27-45-32-52(77)48(29-38(5)6)69(18)54(79)35-68(17)62(85)46(44(14)75)33-53(78)56(57(80)41(11)25-23-24-26-74)73(22)64(87)55(40(9)10)72(21)63(86)47(28-37(3)4)67-59(82)50(34-65(15,16)88)71(20)60(83)43(13)66-58(81)42(12)31-51(76)49(30-39(7)8)70(19)61(45)84/h23-24,36-50,55-57,74-75,80,88H,25-35H2,1-22H3,(H,66,81)(H,67,82)/b24-23+/t41-,42-,43-,44-,45-,46+,47+,48+,49+,50+,55+,56-,57-/m1/s1. The highest BCUT2D eigenvalue weighted by Gasteiger charge is 2.45. The third kappa shape index (κ3) is 24.3. The number of amides is 8. The summed E-state index contributed by atoms with van der Waals surface area (Å²) in [7, 11) is 8.15. The summed E-state index contributed by atoms with van der Waals surface area (Å²) in [6.45, 7) is 25.9. The Morgan fingerprint density at radius 2 is 1.02 bits per heavy atom. The summed E-state index contributed by atoms with van der Waals surface area (Å²) < 4.78 is 0. The zero-order valence-electron chi connectivity index (χ0n) is 57.3. The molecule has 13 atom stereocenters. The number of nitrogens with one attached hydrogen (secondary N) is 2. The van der Waals surface area contributed by atoms with E-state index in [1.165, 1.54) is 92.8 Å². The second-order valence-corrected chi connectivity index (χ2v) is 27.8. The van der Waals surface area contributed by atoms with Crippen LogP contribution in [0.15, 0.2) is 12.2 Å². The zero-order valence-corrected chi connectivity index (χ0v) is 57.3. The van der Waals surface area contributed by atoms with Crippen molar-refractivity contribution in [1.29, 1.82) is 0 Å². The lowest BCUT2D eigenvalue weighted by Gasteiger charge is -2.40. The van der Waals surface area contributed by atoms with Crippen LogP contribution in [0.25, 0.3) is 0 Å². The lowest BCUT2D eigenvalue weighted by Crippen LogP contribution is -2.62. The van der Waals surface area contributed by atoms with Crippen molar-refractivity contribution in [2.45, 2.75) is 229 Å². The summed E-state index contributed by atoms with van der Waals surface area (Å²) in [6, 6.07) is -9.21. The minimum atomic E-state index is -1.70. The molecule has 0 saturated carbocycles. The molecule has 0 radical (unpaired) electrons. The van der Waals surface area contributed by atoms with Crippen molar-refractivity contribution in [1.82, 2.24) is 40.0 Å². The van der Waals surface area contributed by atoms with Crippen molar-refractivity contribution in [3.05, 3.63) is 12.2 Å². The molecule has 1 fully saturated rings. The van der Waals surface area contributed by atoms with Crippen molar-refractivity contribution in [3.63, 3.8) is 0 Å². The Kier molecular flexibility index (Phi) is 33.1. The molecule has 1 aliphatic rings. The summed E-state index contributed by atoms with van der Waals surface area (Å²) in [5, 5.41) is 49.5. The van der Waals surface area contributed by atoms with Gasteiger partial charge in [-0.3, -0.25) is 52.7 Å². The van der Waals surface area contributed by atoms with E-state index in [0.717, 1.165) is 19.6 Å². The van der Waals surface area contributed by atoms with Crippen LogP contribution < -0.4 is 10.6 Å². The van der Waals surface area contributed by atoms with E-state index in [9.17, 15) is 68.4 Å². The number of Topliss-reactive ketones (excluding diaryl/α,β-unsaturated/α-hetero) is 3. The van der Waals surface area contributed by atoms with Gasteiger partial charge in [-0.2, -0.15) is 0 Å². The van der Waals surface area contributed by atoms with E-state index in [4.69, 9.17) is 0 Å². The lowest BCUT2D eigenvalue weighted by molar-refractivity contribution is -0.155. The van der Waals surface area contributed by atoms with Crippen LogP contribution >= 0.6 is 0 Å². The molecule has 88 heavy (non-hydrogen) atoms. The number of aliphatic hydroxyl groups excluding tert-OH is 3. The van der Waals surface area contributed by atoms with Crippen LogP contribution in [0.5, 0.6) is 0 Å². The van der Waals surface area contributed by atoms with Gasteiger partial charge in [0.25, 0.3) is 0 Å². The summed E-state index contributed by atoms with van der Waals surface area (Å²) in [6.07, 6.45) is -1.05. The second kappa shape index (κ2) is 36.3. The van der Waals surface area contributed by atoms with Crippen molar-refractivity contribution in [2.24, 2.45) is 53.3 Å². The first-order valence-corrected chi connectivity index (χ1v) is 31.5. The van der Waals surface area contributed by atoms with Crippen molar-refractivity contribution in [3.8, 4) is 0 Å². The van der Waals surface area contributed by atoms with Crippen LogP contribution in [-0.2, 0) is 52.7 Å². The molecule has 23 nitrogen and oxygen atoms in total. The first-order chi connectivity index (χ1) is 40.4. The molecule has 0 aromatic heterocycles. The van der Waals surface area contributed by atoms with Gasteiger partial charge in [0, 0.05) is 79.8 Å². The van der Waals surface area contributed by atoms with Crippen LogP contribution in [0.1, 0.15) is 169 Å². The molecule has 0 bridgehead atoms. The number of carbonyl (C=O) groups is 11. The van der Waals surface area contributed by atoms with Gasteiger partial charge in [0.1, 0.15) is 30.2 Å². The topological polar surface area (TPSA) is 312 Å². The van der Waals surface area contributed by atoms with Crippen LogP contribution in [0.4, 0.5) is 0 Å². The molecule has 1 saturated heterocycles. The fourth-order valence-electron chi connectivity index (χ4n) is 11.6. The number of carbonyl (C=O) groups excluding carboxylic acids is 11. The van der Waals surface area contributed by atoms with E-state index in [-0.39, 0.29) is 81.6 Å². The molecule has 1 heterocycles. The smallest absolute Gasteiger partial charge is 0.246 e. The van der Waals surface area contributed by atoms with Crippen molar-refractivity contribution >= 4 is 64.6 Å². The Balaban J connectivity index is 4.38. The first-order valence-electron chi connectivity index (χ1n) is 31.5. The van der Waals surface area contributed by atoms with E-state index >= 15 is 4.79 Å². The number of ketones is 3. The van der Waals surface area contributed by atoms with Gasteiger partial charge in [-0.1, -0.05) is 95.2 Å². The van der Waals surface area contributed by atoms with Gasteiger partial charge in [-0.05, 0) is 95.3 Å². The van der Waals surface area contributed by atoms with E-state index in [0.29, 0.717) is 0 Å². The summed E-state index contributed by atoms with van der Waals surface area (Å²) in [5.41, 5.74) is -1.57. The van der Waals surface area contributed by atoms with Gasteiger partial charge < -0.3 is 60.5 Å². The normalized spacial score (nSPS) is 27.1. The Morgan fingerprint density at radius 1 is 0.534 bits per heavy atom. The van der Waals surface area contributed by atoms with E-state index in [2.05, 4.69) is 10.6 Å². The van der Waals surface area contributed by atoms with Crippen molar-refractivity contribution < 1.29 is 73.2 Å². The number of likely N-dealkylation sites (N-methyl/N-ethyl adjacent to an activating group) is 6. The second-order valence-electron chi connectivity index (χ2n) is 27.8. The van der Waals surface area contributed by atoms with Crippen LogP contribution in [0.3, 0.4) is 0 Å². The third-order valence-corrected chi connectivity index (χ3v) is 16.7. The predicted octanol–water partition coefficient (Wildman–Crippen LogP) is 3.65. The fourth-order valence-corrected chi connectivity index (χ4v) is 11.6. The molecule has 8 amide bonds. The Bertz CT molecular complexity index is 2400. The Morgan fingerprint density at radius 3 is 1.50 bits per heavy atom. The molecular weight excluding hydrogens is 1130 g/mol. The fraction of sp³-hybridized carbons (Fsp3) is 0.800. The zero-order chi connectivity index (χ0) is 68.3. The van der Waals surface area contributed by atoms with E-state index < -0.39 is 167 Å². The number of aliphatic hydroxyl groups is 4. The Hall–Kier alpha value is -5.65. The molecular formula is C65H114N8O15. The van der Waals surface area contributed by atoms with E-state index in [1.807, 2.05) is 41.5 Å². The highest BCUT2D eigenvalue weighted by molar-refractivity contribution is 5.99. The highest BCUT2D eigenvalue weighted by atomic mass is 16.3. The van der Waals surface area contributed by atoms with Crippen LogP contribution in [0, 0.1) is 53.3 Å². The Labute approximate surface area is 525 Å². The summed E-state index contributed by atoms with van der Waals surface area (Å²) in [4.78, 5) is 167. The minimum Gasteiger partial charge on any atom is -0.393 e. The molecule has 0 aromatic rings. The maximum atomic E-state index is 15.1. The van der Waals surface area contributed by atoms with Gasteiger partial charge in [0.2, 0.25) is 47.3 Å². The molecule has 0 unspecified atom stereocenters. The summed E-state index contributed by atoms with van der Waals surface area (Å²) >= 11 is 0. The molecule has 0 aliphatic carbocycles. The average Bonchev–Trinajstić information content (AvgIpc) is 3.04. The van der Waals surface area contributed by atoms with E-state index in [1.54, 1.807) is 40.7 Å². The van der Waals surface area contributed by atoms with Crippen LogP contribution in [-0.4, -0.2) is 230 Å². The predicted molar refractivity (Wildman–Crippen MR) is 336 cm³/mol. The molecule has 1 rings (SSSR count). The molecule has 0 aromatic carbocycles. The number of nitrogens with zero attached hydrogens (tertiary/aromatic N) is 6. The van der Waals surface area contributed by atoms with Gasteiger partial charge in [-0.15, -0.1) is 0 Å². The monoisotopic (exact) mass is 1250 g/mol. The number of rotatable bonds is 17. The highest BCUT2D eigenvalue weighted by Crippen LogP contribution is 2.29. The average molecular weight is 1250 g/mol. The minimum absolute atomic E-state index is 0.0284. The lowest BCUT2D eigenvalue weighted by atomic mass is 9.85. The number of hydrogen-bond acceptors (Lipinski definition) is 15. The van der Waals surface area contributed by atoms with Gasteiger partial charge in [0.05, 0.1) is 49.0 Å². The quantitative estimate of drug-likeness (QED) is 0.113. The largest absolute Gasteiger partial charge is 0.393 e. The molecule has 1 aliphatic heterocycles. The third-order valence-electron chi connectivity index (χ3n) is 16.7. The maximum absolute atomic E-state index is 15.1. The van der Waals surface area contributed by atoms with Gasteiger partial charge in [0.15, 0.2) is 17.3 Å². The molecule has 23 heteroatoms. The van der Waals surface area contributed by atoms with Gasteiger partial charge >= 0.3 is 0 Å². The molecule has 504 valence electrons. The number of allylic oxidation sites excluding steroid dienone is 1. The molecule has 0 spiro atoms. The first kappa shape index (κ1) is 80.4. The van der Waals surface area contributed by atoms with Crippen molar-refractivity contribution in [2.75, 3.05) is 55.4 Å². The van der Waals surface area contributed by atoms with Gasteiger partial charge in [-0.25, -0.2) is 0 Å². The SMILES string of the molecule is CC(C)C[C@@H]1CC(=O)[C@H](CC(C)C)N(C)C(=O)CN(C)C(=O)[C@H]([C@@H](C)O)CC(=O)[C@H]([C@H](O)[C@H](C)C/C=C/CO)N(C)C(=O)[C@H](C(C)C)N(C)C(=O)[C@H](CC(C)C)NC(=O)[C@H](CC(C)(C)O)N(C)C(=O)[C@@H](C)NC(=O)[C@H](C)CC(=O)[C@H](CC(C)C)N(C)C1=O. The number of hydrogen-bond donors (Lipinski definition) is 6. The molecule has 6 N–H and O–H groups in total. The maximum Gasteiger partial charge on any atom is 0.246 e. The van der Waals surface area contributed by atoms with Crippen LogP contribution in [0.2, 0.25) is 0 Å². The summed E-state index contributed by atoms with van der Waals surface area (Å²) in [5.74, 6) is -13.1.